The summed E-state index contributed by atoms with van der Waals surface area (Å²) in [6.07, 6.45) is 2.85. The number of nitrogens with two attached hydrogens (primary N) is 1. The number of nitrogens with zero attached hydrogens (tertiary/aromatic N) is 1. The van der Waals surface area contributed by atoms with E-state index in [0.29, 0.717) is 0 Å². The summed E-state index contributed by atoms with van der Waals surface area (Å²) in [5.41, 5.74) is 5.94. The van der Waals surface area contributed by atoms with Gasteiger partial charge in [-0.15, -0.1) is 11.3 Å². The van der Waals surface area contributed by atoms with Crippen molar-refractivity contribution in [1.82, 2.24) is 4.90 Å². The molecule has 1 amide bonds. The van der Waals surface area contributed by atoms with E-state index in [9.17, 15) is 4.79 Å². The summed E-state index contributed by atoms with van der Waals surface area (Å²) < 4.78 is 0. The first-order valence-corrected chi connectivity index (χ1v) is 7.37. The molecule has 1 heterocycles. The zero-order valence-corrected chi connectivity index (χ0v) is 12.6. The molecule has 0 aliphatic carbocycles. The minimum Gasteiger partial charge on any atom is -0.337 e. The van der Waals surface area contributed by atoms with Crippen molar-refractivity contribution in [3.05, 3.63) is 21.9 Å². The maximum atomic E-state index is 12.2. The van der Waals surface area contributed by atoms with E-state index < -0.39 is 0 Å². The number of thiophene rings is 1. The highest BCUT2D eigenvalue weighted by Gasteiger charge is 2.23. The van der Waals surface area contributed by atoms with Gasteiger partial charge in [0.15, 0.2) is 0 Å². The van der Waals surface area contributed by atoms with Crippen molar-refractivity contribution < 1.29 is 4.79 Å². The predicted octanol–water partition coefficient (Wildman–Crippen LogP) is 3.09. The van der Waals surface area contributed by atoms with Gasteiger partial charge in [-0.3, -0.25) is 4.79 Å². The molecule has 4 heteroatoms. The summed E-state index contributed by atoms with van der Waals surface area (Å²) in [6.45, 7) is 6.24. The average molecular weight is 268 g/mol. The fraction of sp³-hybridized carbons (Fsp3) is 0.643. The molecule has 0 saturated heterocycles. The van der Waals surface area contributed by atoms with Crippen LogP contribution in [0.5, 0.6) is 0 Å². The Bertz CT molecular complexity index is 389. The van der Waals surface area contributed by atoms with Gasteiger partial charge in [-0.05, 0) is 32.4 Å². The first-order valence-electron chi connectivity index (χ1n) is 6.56. The van der Waals surface area contributed by atoms with Gasteiger partial charge in [0.05, 0.1) is 12.1 Å². The van der Waals surface area contributed by atoms with Crippen LogP contribution in [-0.4, -0.2) is 23.9 Å². The van der Waals surface area contributed by atoms with Crippen molar-refractivity contribution >= 4 is 17.2 Å². The van der Waals surface area contributed by atoms with Crippen LogP contribution in [0.4, 0.5) is 0 Å². The van der Waals surface area contributed by atoms with E-state index in [2.05, 4.69) is 32.9 Å². The number of likely N-dealkylation sites (N-methyl/N-ethyl adjacent to an activating group) is 1. The molecule has 0 saturated carbocycles. The summed E-state index contributed by atoms with van der Waals surface area (Å²) in [7, 11) is 1.84. The average Bonchev–Trinajstić information content (AvgIpc) is 2.79. The van der Waals surface area contributed by atoms with Crippen molar-refractivity contribution in [3.8, 4) is 0 Å². The van der Waals surface area contributed by atoms with Crippen molar-refractivity contribution in [2.75, 3.05) is 7.05 Å². The number of carbonyl (C=O) groups is 1. The Hall–Kier alpha value is -0.870. The Balaban J connectivity index is 2.62. The molecule has 0 aliphatic heterocycles. The van der Waals surface area contributed by atoms with E-state index in [-0.39, 0.29) is 18.0 Å². The second-order valence-electron chi connectivity index (χ2n) is 4.82. The van der Waals surface area contributed by atoms with Crippen LogP contribution in [-0.2, 0) is 4.79 Å². The maximum Gasteiger partial charge on any atom is 0.239 e. The molecule has 0 aromatic carbocycles. The van der Waals surface area contributed by atoms with Gasteiger partial charge in [-0.25, -0.2) is 0 Å². The lowest BCUT2D eigenvalue weighted by Gasteiger charge is -2.27. The molecule has 1 unspecified atom stereocenters. The number of hydrogen-bond donors (Lipinski definition) is 1. The Labute approximate surface area is 114 Å². The fourth-order valence-electron chi connectivity index (χ4n) is 1.87. The normalized spacial score (nSPS) is 14.3. The van der Waals surface area contributed by atoms with Gasteiger partial charge >= 0.3 is 0 Å². The lowest BCUT2D eigenvalue weighted by molar-refractivity contribution is -0.133. The van der Waals surface area contributed by atoms with E-state index in [1.54, 1.807) is 16.2 Å². The number of carbonyl (C=O) groups excluding carboxylic acids is 1. The summed E-state index contributed by atoms with van der Waals surface area (Å²) in [5.74, 6) is 0.0435. The number of aryl methyl sites for hydroxylation is 1. The topological polar surface area (TPSA) is 46.3 Å². The molecular weight excluding hydrogens is 244 g/mol. The Morgan fingerprint density at radius 1 is 1.50 bits per heavy atom. The van der Waals surface area contributed by atoms with Crippen molar-refractivity contribution in [2.24, 2.45) is 5.73 Å². The molecule has 2 atom stereocenters. The second-order valence-corrected chi connectivity index (χ2v) is 6.14. The standard InChI is InChI=1S/C14H24N2OS/c1-5-6-7-12(15)14(17)16(4)11(3)13-9-8-10(2)18-13/h8-9,11-12H,5-7,15H2,1-4H3/t11?,12-/m0/s1. The van der Waals surface area contributed by atoms with Crippen molar-refractivity contribution in [1.29, 1.82) is 0 Å². The minimum absolute atomic E-state index is 0.0435. The highest BCUT2D eigenvalue weighted by atomic mass is 32.1. The summed E-state index contributed by atoms with van der Waals surface area (Å²) >= 11 is 1.74. The summed E-state index contributed by atoms with van der Waals surface area (Å²) in [5, 5.41) is 0. The molecule has 0 radical (unpaired) electrons. The quantitative estimate of drug-likeness (QED) is 0.861. The molecule has 0 fully saturated rings. The predicted molar refractivity (Wildman–Crippen MR) is 77.7 cm³/mol. The monoisotopic (exact) mass is 268 g/mol. The summed E-state index contributed by atoms with van der Waals surface area (Å²) in [6, 6.07) is 3.92. The third-order valence-electron chi connectivity index (χ3n) is 3.29. The van der Waals surface area contributed by atoms with Crippen LogP contribution in [0.2, 0.25) is 0 Å². The van der Waals surface area contributed by atoms with E-state index >= 15 is 0 Å². The van der Waals surface area contributed by atoms with E-state index in [1.165, 1.54) is 9.75 Å². The van der Waals surface area contributed by atoms with Crippen molar-refractivity contribution in [2.45, 2.75) is 52.1 Å². The molecule has 0 spiro atoms. The molecule has 2 N–H and O–H groups in total. The lowest BCUT2D eigenvalue weighted by atomic mass is 10.1. The molecule has 0 bridgehead atoms. The zero-order valence-electron chi connectivity index (χ0n) is 11.8. The number of amides is 1. The highest BCUT2D eigenvalue weighted by molar-refractivity contribution is 7.12. The SMILES string of the molecule is CCCC[C@H](N)C(=O)N(C)C(C)c1ccc(C)s1. The van der Waals surface area contributed by atoms with Crippen LogP contribution < -0.4 is 5.73 Å². The van der Waals surface area contributed by atoms with Crippen molar-refractivity contribution in [3.63, 3.8) is 0 Å². The number of unbranched alkanes of at least 4 members (excludes halogenated alkanes) is 1. The zero-order chi connectivity index (χ0) is 13.7. The molecular formula is C14H24N2OS. The highest BCUT2D eigenvalue weighted by Crippen LogP contribution is 2.26. The van der Waals surface area contributed by atoms with Crippen LogP contribution >= 0.6 is 11.3 Å². The Morgan fingerprint density at radius 2 is 2.17 bits per heavy atom. The maximum absolute atomic E-state index is 12.2. The third-order valence-corrected chi connectivity index (χ3v) is 4.46. The smallest absolute Gasteiger partial charge is 0.239 e. The van der Waals surface area contributed by atoms with Gasteiger partial charge in [0.2, 0.25) is 5.91 Å². The Morgan fingerprint density at radius 3 is 2.67 bits per heavy atom. The fourth-order valence-corrected chi connectivity index (χ4v) is 2.84. The first kappa shape index (κ1) is 15.2. The van der Waals surface area contributed by atoms with Gasteiger partial charge in [-0.2, -0.15) is 0 Å². The number of hydrogen-bond acceptors (Lipinski definition) is 3. The summed E-state index contributed by atoms with van der Waals surface area (Å²) in [4.78, 5) is 16.4. The molecule has 1 rings (SSSR count). The van der Waals surface area contributed by atoms with Gasteiger partial charge in [0, 0.05) is 16.8 Å². The lowest BCUT2D eigenvalue weighted by Crippen LogP contribution is -2.42. The van der Waals surface area contributed by atoms with Gasteiger partial charge in [-0.1, -0.05) is 19.8 Å². The van der Waals surface area contributed by atoms with E-state index in [1.807, 2.05) is 7.05 Å². The second kappa shape index (κ2) is 6.90. The molecule has 0 aliphatic rings. The van der Waals surface area contributed by atoms with Gasteiger partial charge in [0.25, 0.3) is 0 Å². The Kier molecular flexibility index (Phi) is 5.82. The van der Waals surface area contributed by atoms with Crippen LogP contribution in [0.25, 0.3) is 0 Å². The molecule has 102 valence electrons. The molecule has 18 heavy (non-hydrogen) atoms. The third kappa shape index (κ3) is 3.82. The molecule has 1 aromatic rings. The van der Waals surface area contributed by atoms with Crippen LogP contribution in [0.1, 0.15) is 48.9 Å². The van der Waals surface area contributed by atoms with Gasteiger partial charge in [0.1, 0.15) is 0 Å². The minimum atomic E-state index is -0.363. The molecule has 3 nitrogen and oxygen atoms in total. The van der Waals surface area contributed by atoms with Gasteiger partial charge < -0.3 is 10.6 Å². The van der Waals surface area contributed by atoms with Crippen LogP contribution in [0, 0.1) is 6.92 Å². The first-order chi connectivity index (χ1) is 8.47. The van der Waals surface area contributed by atoms with E-state index in [0.717, 1.165) is 19.3 Å². The molecule has 1 aromatic heterocycles. The largest absolute Gasteiger partial charge is 0.337 e. The van der Waals surface area contributed by atoms with Crippen LogP contribution in [0.15, 0.2) is 12.1 Å². The number of rotatable bonds is 6. The van der Waals surface area contributed by atoms with Crippen LogP contribution in [0.3, 0.4) is 0 Å². The van der Waals surface area contributed by atoms with E-state index in [4.69, 9.17) is 5.73 Å².